The molecule has 0 saturated carbocycles. The maximum atomic E-state index is 5.47. The van der Waals surface area contributed by atoms with Crippen molar-refractivity contribution in [3.05, 3.63) is 212 Å². The van der Waals surface area contributed by atoms with E-state index in [9.17, 15) is 0 Å². The van der Waals surface area contributed by atoms with Crippen LogP contribution in [0.1, 0.15) is 0 Å². The zero-order valence-electron chi connectivity index (χ0n) is 31.5. The van der Waals surface area contributed by atoms with Crippen molar-refractivity contribution in [1.29, 1.82) is 0 Å². The molecule has 0 unspecified atom stereocenters. The van der Waals surface area contributed by atoms with Gasteiger partial charge in [-0.2, -0.15) is 0 Å². The molecule has 0 N–H and O–H groups in total. The van der Waals surface area contributed by atoms with E-state index < -0.39 is 0 Å². The second kappa shape index (κ2) is 14.1. The Morgan fingerprint density at radius 1 is 0.241 bits per heavy atom. The Hall–Kier alpha value is -7.75. The molecular formula is C55H35N3. The highest BCUT2D eigenvalue weighted by Crippen LogP contribution is 2.41. The molecule has 270 valence electrons. The number of aromatic nitrogens is 3. The van der Waals surface area contributed by atoms with Crippen LogP contribution < -0.4 is 0 Å². The van der Waals surface area contributed by atoms with Crippen LogP contribution in [0.2, 0.25) is 0 Å². The number of pyridine rings is 1. The summed E-state index contributed by atoms with van der Waals surface area (Å²) in [5, 5.41) is 8.26. The summed E-state index contributed by atoms with van der Waals surface area (Å²) in [5.41, 5.74) is 12.5. The van der Waals surface area contributed by atoms with E-state index in [1.165, 1.54) is 21.5 Å². The summed E-state index contributed by atoms with van der Waals surface area (Å²) in [6.45, 7) is 0. The first-order valence-corrected chi connectivity index (χ1v) is 19.7. The van der Waals surface area contributed by atoms with Crippen LogP contribution in [0.15, 0.2) is 212 Å². The van der Waals surface area contributed by atoms with Gasteiger partial charge >= 0.3 is 0 Å². The van der Waals surface area contributed by atoms with Crippen LogP contribution in [0.25, 0.3) is 111 Å². The molecule has 3 heteroatoms. The summed E-state index contributed by atoms with van der Waals surface area (Å²) < 4.78 is 0. The van der Waals surface area contributed by atoms with Crippen molar-refractivity contribution in [2.45, 2.75) is 0 Å². The SMILES string of the molecule is c1ccc(-c2cc(-c3ccc(-c4cc5c(-c6ccc7ccccc7c6)cc(-c6ccc7ccccc7c6)nc5c5ccccc45)cc3)nc(-c3ccccc3)n2)cc1. The molecule has 2 aromatic heterocycles. The van der Waals surface area contributed by atoms with E-state index in [0.29, 0.717) is 5.82 Å². The summed E-state index contributed by atoms with van der Waals surface area (Å²) in [7, 11) is 0. The molecule has 9 aromatic carbocycles. The van der Waals surface area contributed by atoms with Crippen LogP contribution in [-0.2, 0) is 0 Å². The lowest BCUT2D eigenvalue weighted by atomic mass is 9.90. The molecule has 3 nitrogen and oxygen atoms in total. The number of rotatable bonds is 6. The van der Waals surface area contributed by atoms with Crippen molar-refractivity contribution in [2.24, 2.45) is 0 Å². The summed E-state index contributed by atoms with van der Waals surface area (Å²) in [6.07, 6.45) is 0. The Labute approximate surface area is 336 Å². The van der Waals surface area contributed by atoms with Crippen molar-refractivity contribution in [1.82, 2.24) is 15.0 Å². The van der Waals surface area contributed by atoms with E-state index in [2.05, 4.69) is 176 Å². The molecule has 0 aliphatic carbocycles. The third kappa shape index (κ3) is 6.07. The average Bonchev–Trinajstić information content (AvgIpc) is 3.31. The van der Waals surface area contributed by atoms with Gasteiger partial charge in [-0.15, -0.1) is 0 Å². The predicted octanol–water partition coefficient (Wildman–Crippen LogP) is 14.5. The molecule has 11 aromatic rings. The molecule has 0 saturated heterocycles. The van der Waals surface area contributed by atoms with Crippen LogP contribution in [0.5, 0.6) is 0 Å². The second-order valence-corrected chi connectivity index (χ2v) is 14.8. The zero-order chi connectivity index (χ0) is 38.4. The normalized spacial score (nSPS) is 11.4. The van der Waals surface area contributed by atoms with Crippen molar-refractivity contribution in [3.8, 4) is 67.4 Å². The van der Waals surface area contributed by atoms with E-state index in [4.69, 9.17) is 15.0 Å². The highest BCUT2D eigenvalue weighted by Gasteiger charge is 2.17. The van der Waals surface area contributed by atoms with Gasteiger partial charge in [0.2, 0.25) is 0 Å². The standard InChI is InChI=1S/C55H35N3/c1-3-15-39(16-4-1)52-35-53(58-55(57-52)41-17-5-2-6-18-41)40-27-25-38(26-28-40)48-33-50-49(44-29-23-36-13-7-9-19-42(36)31-44)34-51(56-54(50)47-22-12-11-21-46(47)48)45-30-24-37-14-8-10-20-43(37)32-45/h1-35H. The van der Waals surface area contributed by atoms with Crippen LogP contribution in [0.3, 0.4) is 0 Å². The molecular weight excluding hydrogens is 703 g/mol. The Kier molecular flexibility index (Phi) is 8.15. The number of fused-ring (bicyclic) bond motifs is 5. The Bertz CT molecular complexity index is 3260. The van der Waals surface area contributed by atoms with E-state index in [-0.39, 0.29) is 0 Å². The fourth-order valence-electron chi connectivity index (χ4n) is 8.27. The summed E-state index contributed by atoms with van der Waals surface area (Å²) >= 11 is 0. The van der Waals surface area contributed by atoms with Gasteiger partial charge in [-0.05, 0) is 79.5 Å². The molecule has 2 heterocycles. The van der Waals surface area contributed by atoms with Crippen LogP contribution in [0.4, 0.5) is 0 Å². The maximum Gasteiger partial charge on any atom is 0.160 e. The molecule has 0 bridgehead atoms. The highest BCUT2D eigenvalue weighted by atomic mass is 14.9. The first-order valence-electron chi connectivity index (χ1n) is 19.7. The van der Waals surface area contributed by atoms with Gasteiger partial charge in [0.15, 0.2) is 5.82 Å². The lowest BCUT2D eigenvalue weighted by molar-refractivity contribution is 1.18. The zero-order valence-corrected chi connectivity index (χ0v) is 31.5. The third-order valence-corrected chi connectivity index (χ3v) is 11.2. The van der Waals surface area contributed by atoms with E-state index >= 15 is 0 Å². The summed E-state index contributed by atoms with van der Waals surface area (Å²) in [4.78, 5) is 15.6. The van der Waals surface area contributed by atoms with Crippen molar-refractivity contribution >= 4 is 43.2 Å². The summed E-state index contributed by atoms with van der Waals surface area (Å²) in [5.74, 6) is 0.707. The third-order valence-electron chi connectivity index (χ3n) is 11.2. The fraction of sp³-hybridized carbons (Fsp3) is 0. The van der Waals surface area contributed by atoms with Gasteiger partial charge in [-0.3, -0.25) is 0 Å². The largest absolute Gasteiger partial charge is 0.247 e. The average molecular weight is 738 g/mol. The molecule has 11 rings (SSSR count). The first-order chi connectivity index (χ1) is 28.7. The predicted molar refractivity (Wildman–Crippen MR) is 242 cm³/mol. The quantitative estimate of drug-likeness (QED) is 0.160. The van der Waals surface area contributed by atoms with Crippen LogP contribution in [-0.4, -0.2) is 15.0 Å². The topological polar surface area (TPSA) is 38.7 Å². The van der Waals surface area contributed by atoms with Crippen LogP contribution >= 0.6 is 0 Å². The number of nitrogens with zero attached hydrogens (tertiary/aromatic N) is 3. The Balaban J connectivity index is 1.09. The Morgan fingerprint density at radius 3 is 1.38 bits per heavy atom. The van der Waals surface area contributed by atoms with Gasteiger partial charge in [0.05, 0.1) is 22.6 Å². The van der Waals surface area contributed by atoms with E-state index in [1.807, 2.05) is 36.4 Å². The van der Waals surface area contributed by atoms with E-state index in [0.717, 1.165) is 83.3 Å². The van der Waals surface area contributed by atoms with Crippen LogP contribution in [0, 0.1) is 0 Å². The number of benzene rings is 9. The van der Waals surface area contributed by atoms with Crippen molar-refractivity contribution in [2.75, 3.05) is 0 Å². The fourth-order valence-corrected chi connectivity index (χ4v) is 8.27. The van der Waals surface area contributed by atoms with Crippen molar-refractivity contribution in [3.63, 3.8) is 0 Å². The highest BCUT2D eigenvalue weighted by molar-refractivity contribution is 6.16. The lowest BCUT2D eigenvalue weighted by Crippen LogP contribution is -1.96. The minimum absolute atomic E-state index is 0.707. The minimum Gasteiger partial charge on any atom is -0.247 e. The van der Waals surface area contributed by atoms with Crippen molar-refractivity contribution < 1.29 is 0 Å². The minimum atomic E-state index is 0.707. The molecule has 0 aliphatic rings. The van der Waals surface area contributed by atoms with Gasteiger partial charge in [0, 0.05) is 33.0 Å². The summed E-state index contributed by atoms with van der Waals surface area (Å²) in [6, 6.07) is 75.3. The lowest BCUT2D eigenvalue weighted by Gasteiger charge is -2.16. The molecule has 0 amide bonds. The molecule has 0 radical (unpaired) electrons. The molecule has 0 aliphatic heterocycles. The maximum absolute atomic E-state index is 5.47. The van der Waals surface area contributed by atoms with E-state index in [1.54, 1.807) is 0 Å². The van der Waals surface area contributed by atoms with Gasteiger partial charge < -0.3 is 0 Å². The molecule has 0 atom stereocenters. The van der Waals surface area contributed by atoms with Gasteiger partial charge in [-0.25, -0.2) is 15.0 Å². The monoisotopic (exact) mass is 737 g/mol. The number of hydrogen-bond donors (Lipinski definition) is 0. The molecule has 0 fully saturated rings. The Morgan fingerprint density at radius 2 is 0.707 bits per heavy atom. The smallest absolute Gasteiger partial charge is 0.160 e. The first kappa shape index (κ1) is 33.6. The number of hydrogen-bond acceptors (Lipinski definition) is 3. The van der Waals surface area contributed by atoms with Gasteiger partial charge in [0.1, 0.15) is 0 Å². The second-order valence-electron chi connectivity index (χ2n) is 14.8. The molecule has 58 heavy (non-hydrogen) atoms. The molecule has 0 spiro atoms. The van der Waals surface area contributed by atoms with Gasteiger partial charge in [0.25, 0.3) is 0 Å². The van der Waals surface area contributed by atoms with Gasteiger partial charge in [-0.1, -0.05) is 182 Å².